The van der Waals surface area contributed by atoms with E-state index >= 15 is 17.6 Å². The zero-order valence-corrected chi connectivity index (χ0v) is 45.9. The fourth-order valence-corrected chi connectivity index (χ4v) is 13.7. The van der Waals surface area contributed by atoms with Crippen LogP contribution in [0.25, 0.3) is 0 Å². The van der Waals surface area contributed by atoms with Gasteiger partial charge in [0.05, 0.1) is 36.4 Å². The van der Waals surface area contributed by atoms with Crippen LogP contribution in [0.3, 0.4) is 0 Å². The Bertz CT molecular complexity index is 2770. The number of hydrogen-bond acceptors (Lipinski definition) is 16. The summed E-state index contributed by atoms with van der Waals surface area (Å²) in [5, 5.41) is 29.8. The minimum Gasteiger partial charge on any atom is -0.481 e. The SMILES string of the molecule is CCOC(=O)C1=C(CN2[C@@H]3CC(CC(=O)O)C[C@H]2C(F)(F)C3)NC(c2nccs2)=N[C@H]1c1ccccc1Br.CCOC(=O)C1=C(CN2[C@H]3CC(CC(=O)O)C[C@@H]2C(F)(F)C3)NC(c2nccs2)=N[C@H]1c1ccccc1Br. The number of carboxylic acids is 2. The van der Waals surface area contributed by atoms with Crippen LogP contribution in [-0.4, -0.2) is 128 Å². The molecule has 0 saturated carbocycles. The highest BCUT2D eigenvalue weighted by Crippen LogP contribution is 2.51. The first-order valence-corrected chi connectivity index (χ1v) is 28.2. The Morgan fingerprint density at radius 2 is 1.05 bits per heavy atom. The van der Waals surface area contributed by atoms with Crippen LogP contribution in [0.2, 0.25) is 0 Å². The van der Waals surface area contributed by atoms with Crippen molar-refractivity contribution in [1.29, 1.82) is 0 Å². The third kappa shape index (κ3) is 11.9. The molecule has 10 rings (SSSR count). The number of piperidine rings is 2. The molecule has 4 N–H and O–H groups in total. The van der Waals surface area contributed by atoms with Gasteiger partial charge < -0.3 is 30.3 Å². The van der Waals surface area contributed by atoms with Gasteiger partial charge in [-0.3, -0.25) is 29.4 Å². The molecule has 0 amide bonds. The highest BCUT2D eigenvalue weighted by atomic mass is 79.9. The molecule has 4 bridgehead atoms. The van der Waals surface area contributed by atoms with Gasteiger partial charge in [-0.2, -0.15) is 0 Å². The molecule has 6 aliphatic heterocycles. The van der Waals surface area contributed by atoms with E-state index in [-0.39, 0.29) is 87.8 Å². The first-order chi connectivity index (χ1) is 36.3. The monoisotopic (exact) mass is 1220 g/mol. The van der Waals surface area contributed by atoms with E-state index in [1.54, 1.807) is 36.0 Å². The van der Waals surface area contributed by atoms with E-state index < -0.39 is 72.0 Å². The number of thiazole rings is 2. The number of nitrogens with one attached hydrogen (secondary N) is 2. The number of halogens is 6. The molecular weight excluding hydrogens is 1160 g/mol. The van der Waals surface area contributed by atoms with Crippen LogP contribution < -0.4 is 10.6 Å². The lowest BCUT2D eigenvalue weighted by Gasteiger charge is -2.40. The van der Waals surface area contributed by atoms with Crippen molar-refractivity contribution in [3.63, 3.8) is 0 Å². The summed E-state index contributed by atoms with van der Waals surface area (Å²) < 4.78 is 72.9. The van der Waals surface area contributed by atoms with Crippen LogP contribution in [0, 0.1) is 11.8 Å². The fourth-order valence-electron chi connectivity index (χ4n) is 11.5. The third-order valence-electron chi connectivity index (χ3n) is 14.6. The summed E-state index contributed by atoms with van der Waals surface area (Å²) >= 11 is 9.89. The second-order valence-corrected chi connectivity index (χ2v) is 22.9. The summed E-state index contributed by atoms with van der Waals surface area (Å²) in [6.45, 7) is 3.80. The normalized spacial score (nSPS) is 26.6. The Morgan fingerprint density at radius 1 is 0.658 bits per heavy atom. The number of aliphatic imine (C=N–C) groups is 2. The number of fused-ring (bicyclic) bond motifs is 4. The molecule has 4 aromatic rings. The van der Waals surface area contributed by atoms with Gasteiger partial charge in [-0.25, -0.2) is 37.1 Å². The number of aliphatic carboxylic acids is 2. The van der Waals surface area contributed by atoms with Crippen molar-refractivity contribution in [3.05, 3.63) is 124 Å². The number of amidine groups is 2. The van der Waals surface area contributed by atoms with Gasteiger partial charge in [0.25, 0.3) is 11.8 Å². The zero-order valence-electron chi connectivity index (χ0n) is 41.1. The number of aromatic nitrogens is 2. The number of carbonyl (C=O) groups is 4. The molecule has 24 heteroatoms. The van der Waals surface area contributed by atoms with Crippen molar-refractivity contribution >= 4 is 90.1 Å². The number of carboxylic acid groups (broad SMARTS) is 2. The van der Waals surface area contributed by atoms with E-state index in [4.69, 9.17) is 19.5 Å². The van der Waals surface area contributed by atoms with Crippen molar-refractivity contribution in [2.24, 2.45) is 21.8 Å². The van der Waals surface area contributed by atoms with Gasteiger partial charge in [-0.05, 0) is 74.6 Å². The smallest absolute Gasteiger partial charge is 0.338 e. The molecular formula is C52H54Br2F4N8O8S2. The largest absolute Gasteiger partial charge is 0.481 e. The molecule has 8 heterocycles. The van der Waals surface area contributed by atoms with Crippen LogP contribution >= 0.6 is 54.5 Å². The molecule has 4 saturated heterocycles. The van der Waals surface area contributed by atoms with E-state index in [1.807, 2.05) is 59.3 Å². The van der Waals surface area contributed by atoms with E-state index in [1.165, 1.54) is 22.7 Å². The lowest BCUT2D eigenvalue weighted by atomic mass is 9.87. The first kappa shape index (κ1) is 55.4. The van der Waals surface area contributed by atoms with Gasteiger partial charge in [-0.1, -0.05) is 68.3 Å². The quantitative estimate of drug-likeness (QED) is 0.0609. The van der Waals surface area contributed by atoms with E-state index in [0.29, 0.717) is 45.9 Å². The maximum Gasteiger partial charge on any atom is 0.338 e. The third-order valence-corrected chi connectivity index (χ3v) is 17.6. The van der Waals surface area contributed by atoms with Crippen molar-refractivity contribution in [3.8, 4) is 0 Å². The van der Waals surface area contributed by atoms with E-state index in [2.05, 4.69) is 52.5 Å². The Labute approximate surface area is 460 Å². The summed E-state index contributed by atoms with van der Waals surface area (Å²) in [5.41, 5.74) is 2.86. The maximum atomic E-state index is 15.1. The first-order valence-electron chi connectivity index (χ1n) is 24.8. The minimum absolute atomic E-state index is 0.0458. The Kier molecular flexibility index (Phi) is 17.0. The highest BCUT2D eigenvalue weighted by Gasteiger charge is 2.59. The maximum absolute atomic E-state index is 15.1. The van der Waals surface area contributed by atoms with Crippen LogP contribution in [0.1, 0.15) is 98.4 Å². The molecule has 0 aliphatic carbocycles. The average Bonchev–Trinajstić information content (AvgIpc) is 4.16. The van der Waals surface area contributed by atoms with Crippen LogP contribution in [0.5, 0.6) is 0 Å². The molecule has 4 fully saturated rings. The summed E-state index contributed by atoms with van der Waals surface area (Å²) in [6, 6.07) is 10.1. The molecule has 404 valence electrons. The van der Waals surface area contributed by atoms with E-state index in [9.17, 15) is 29.4 Å². The summed E-state index contributed by atoms with van der Waals surface area (Å²) in [4.78, 5) is 71.2. The van der Waals surface area contributed by atoms with Gasteiger partial charge in [0.1, 0.15) is 12.1 Å². The Morgan fingerprint density at radius 3 is 1.38 bits per heavy atom. The minimum atomic E-state index is -2.95. The van der Waals surface area contributed by atoms with Gasteiger partial charge in [0.2, 0.25) is 0 Å². The summed E-state index contributed by atoms with van der Waals surface area (Å²) in [6.07, 6.45) is 3.26. The van der Waals surface area contributed by atoms with Crippen molar-refractivity contribution in [2.75, 3.05) is 26.3 Å². The van der Waals surface area contributed by atoms with Crippen molar-refractivity contribution < 1.29 is 56.4 Å². The number of carbonyl (C=O) groups excluding carboxylic acids is 2. The predicted octanol–water partition coefficient (Wildman–Crippen LogP) is 9.55. The van der Waals surface area contributed by atoms with Crippen molar-refractivity contribution in [1.82, 2.24) is 30.4 Å². The standard InChI is InChI=1S/2C26H27BrF2N4O4S/c2*1-2-37-25(36)21-18(13-33-15-9-14(11-20(34)35)10-19(33)26(28,29)12-15)31-23(24-30-7-8-38-24)32-22(21)16-5-3-4-6-17(16)27/h2*3-8,14-15,19,22H,2,9-13H2,1H3,(H,31,32)(H,34,35)/t14?,15-,19+,22+;14?,15-,19+,22-/m10/s1. The van der Waals surface area contributed by atoms with Crippen LogP contribution in [0.4, 0.5) is 17.6 Å². The number of nitrogens with zero attached hydrogens (tertiary/aromatic N) is 6. The second kappa shape index (κ2) is 23.3. The average molecular weight is 1220 g/mol. The van der Waals surface area contributed by atoms with Gasteiger partial charge in [0, 0.05) is 94.3 Å². The molecule has 76 heavy (non-hydrogen) atoms. The van der Waals surface area contributed by atoms with Gasteiger partial charge in [-0.15, -0.1) is 22.7 Å². The van der Waals surface area contributed by atoms with E-state index in [0.717, 1.165) is 20.1 Å². The lowest BCUT2D eigenvalue weighted by molar-refractivity contribution is -0.140. The summed E-state index contributed by atoms with van der Waals surface area (Å²) in [7, 11) is 0. The van der Waals surface area contributed by atoms with Gasteiger partial charge >= 0.3 is 23.9 Å². The lowest BCUT2D eigenvalue weighted by Crippen LogP contribution is -2.50. The Hall–Kier alpha value is -5.40. The fraction of sp³-hybridized carbons (Fsp3) is 0.462. The second-order valence-electron chi connectivity index (χ2n) is 19.4. The molecule has 0 radical (unpaired) electrons. The molecule has 2 aromatic carbocycles. The number of hydrogen-bond donors (Lipinski definition) is 4. The molecule has 6 aliphatic rings. The zero-order chi connectivity index (χ0) is 54.1. The van der Waals surface area contributed by atoms with Gasteiger partial charge in [0.15, 0.2) is 21.7 Å². The summed E-state index contributed by atoms with van der Waals surface area (Å²) in [5.74, 6) is -8.74. The van der Waals surface area contributed by atoms with Crippen LogP contribution in [-0.2, 0) is 28.7 Å². The molecule has 8 atom stereocenters. The molecule has 16 nitrogen and oxygen atoms in total. The Balaban J connectivity index is 0.000000186. The number of alkyl halides is 4. The number of ether oxygens (including phenoxy) is 2. The highest BCUT2D eigenvalue weighted by molar-refractivity contribution is 9.10. The molecule has 0 spiro atoms. The number of esters is 2. The molecule has 2 aromatic heterocycles. The van der Waals surface area contributed by atoms with Crippen LogP contribution in [0.15, 0.2) is 113 Å². The number of rotatable bonds is 16. The predicted molar refractivity (Wildman–Crippen MR) is 282 cm³/mol. The number of benzene rings is 2. The van der Waals surface area contributed by atoms with Crippen molar-refractivity contribution in [2.45, 2.75) is 113 Å². The molecule has 2 unspecified atom stereocenters. The topological polar surface area (TPSA) is 208 Å².